The summed E-state index contributed by atoms with van der Waals surface area (Å²) in [7, 11) is 0. The first kappa shape index (κ1) is 19.1. The Bertz CT molecular complexity index is 817. The van der Waals surface area contributed by atoms with E-state index in [1.807, 2.05) is 30.3 Å². The van der Waals surface area contributed by atoms with E-state index in [0.29, 0.717) is 16.7 Å². The maximum Gasteiger partial charge on any atom is 0.228 e. The van der Waals surface area contributed by atoms with Crippen molar-refractivity contribution in [2.45, 2.75) is 58.4 Å². The van der Waals surface area contributed by atoms with E-state index in [1.54, 1.807) is 0 Å². The molecule has 5 fully saturated rings. The lowest BCUT2D eigenvalue weighted by Crippen LogP contribution is -2.62. The van der Waals surface area contributed by atoms with Crippen molar-refractivity contribution in [2.75, 3.05) is 26.2 Å². The summed E-state index contributed by atoms with van der Waals surface area (Å²) >= 11 is 0. The molecule has 1 aliphatic heterocycles. The average Bonchev–Trinajstić information content (AvgIpc) is 2.67. The summed E-state index contributed by atoms with van der Waals surface area (Å²) in [6.07, 6.45) is 7.26. The monoisotopic (exact) mass is 391 g/mol. The smallest absolute Gasteiger partial charge is 0.228 e. The summed E-state index contributed by atoms with van der Waals surface area (Å²) in [5.41, 5.74) is 1.67. The van der Waals surface area contributed by atoms with Crippen molar-refractivity contribution in [3.8, 4) is 6.07 Å². The molecule has 1 heterocycles. The summed E-state index contributed by atoms with van der Waals surface area (Å²) in [6.45, 7) is 7.95. The topological polar surface area (TPSA) is 47.3 Å². The second kappa shape index (κ2) is 6.57. The molecule has 5 aliphatic rings. The van der Waals surface area contributed by atoms with Gasteiger partial charge in [0.15, 0.2) is 0 Å². The molecular weight excluding hydrogens is 358 g/mol. The second-order valence-electron chi connectivity index (χ2n) is 11.2. The fourth-order valence-electron chi connectivity index (χ4n) is 8.21. The number of benzene rings is 1. The highest BCUT2D eigenvalue weighted by Gasteiger charge is 2.63. The SMILES string of the molecule is CC12CC3CC(C)(C1)CC(C(=O)N1CCN(C(C#N)c4ccccc4)CC1)(C3)C2. The predicted molar refractivity (Wildman–Crippen MR) is 113 cm³/mol. The van der Waals surface area contributed by atoms with Crippen molar-refractivity contribution in [3.05, 3.63) is 35.9 Å². The van der Waals surface area contributed by atoms with Crippen molar-refractivity contribution < 1.29 is 4.79 Å². The number of carbonyl (C=O) groups is 1. The maximum absolute atomic E-state index is 13.8. The first-order valence-electron chi connectivity index (χ1n) is 11.3. The number of nitriles is 1. The van der Waals surface area contributed by atoms with E-state index >= 15 is 0 Å². The summed E-state index contributed by atoms with van der Waals surface area (Å²) in [6, 6.07) is 12.3. The van der Waals surface area contributed by atoms with Crippen LogP contribution in [0.1, 0.15) is 64.0 Å². The van der Waals surface area contributed by atoms with E-state index in [4.69, 9.17) is 0 Å². The number of rotatable bonds is 3. The van der Waals surface area contributed by atoms with Gasteiger partial charge in [-0.25, -0.2) is 0 Å². The Morgan fingerprint density at radius 1 is 1.00 bits per heavy atom. The van der Waals surface area contributed by atoms with Crippen molar-refractivity contribution in [3.63, 3.8) is 0 Å². The molecule has 6 rings (SSSR count). The maximum atomic E-state index is 13.8. The molecule has 4 heteroatoms. The van der Waals surface area contributed by atoms with Gasteiger partial charge in [0.25, 0.3) is 0 Å². The molecule has 0 spiro atoms. The van der Waals surface area contributed by atoms with Crippen molar-refractivity contribution in [1.29, 1.82) is 5.26 Å². The lowest BCUT2D eigenvalue weighted by Gasteiger charge is -2.65. The largest absolute Gasteiger partial charge is 0.340 e. The summed E-state index contributed by atoms with van der Waals surface area (Å²) in [5, 5.41) is 9.75. The zero-order valence-corrected chi connectivity index (χ0v) is 17.9. The molecule has 0 N–H and O–H groups in total. The molecule has 4 nitrogen and oxygen atoms in total. The van der Waals surface area contributed by atoms with Crippen LogP contribution < -0.4 is 0 Å². The van der Waals surface area contributed by atoms with E-state index in [9.17, 15) is 10.1 Å². The second-order valence-corrected chi connectivity index (χ2v) is 11.2. The van der Waals surface area contributed by atoms with Gasteiger partial charge in [-0.1, -0.05) is 44.2 Å². The third-order valence-corrected chi connectivity index (χ3v) is 8.28. The Morgan fingerprint density at radius 3 is 2.17 bits per heavy atom. The van der Waals surface area contributed by atoms with Crippen LogP contribution in [0.4, 0.5) is 0 Å². The van der Waals surface area contributed by atoms with Gasteiger partial charge in [0.1, 0.15) is 6.04 Å². The van der Waals surface area contributed by atoms with Crippen LogP contribution in [0, 0.1) is 33.5 Å². The quantitative estimate of drug-likeness (QED) is 0.768. The van der Waals surface area contributed by atoms with E-state index in [-0.39, 0.29) is 11.5 Å². The Hall–Kier alpha value is -1.86. The van der Waals surface area contributed by atoms with Gasteiger partial charge in [0, 0.05) is 26.2 Å². The summed E-state index contributed by atoms with van der Waals surface area (Å²) in [4.78, 5) is 18.2. The molecule has 1 aromatic rings. The van der Waals surface area contributed by atoms with E-state index < -0.39 is 0 Å². The first-order chi connectivity index (χ1) is 13.8. The lowest BCUT2D eigenvalue weighted by atomic mass is 9.40. The standard InChI is InChI=1S/C25H33N3O/c1-23-12-19-13-24(2,16-23)18-25(14-19,17-23)22(29)28-10-8-27(9-11-28)21(15-26)20-6-4-3-5-7-20/h3-7,19,21H,8-14,16-18H2,1-2H3. The molecule has 4 bridgehead atoms. The fourth-order valence-corrected chi connectivity index (χ4v) is 8.21. The van der Waals surface area contributed by atoms with Gasteiger partial charge in [-0.15, -0.1) is 0 Å². The van der Waals surface area contributed by atoms with Gasteiger partial charge in [-0.3, -0.25) is 9.69 Å². The van der Waals surface area contributed by atoms with E-state index in [2.05, 4.69) is 29.7 Å². The van der Waals surface area contributed by atoms with Crippen molar-refractivity contribution >= 4 is 5.91 Å². The predicted octanol–water partition coefficient (Wildman–Crippen LogP) is 4.39. The number of piperazine rings is 1. The summed E-state index contributed by atoms with van der Waals surface area (Å²) in [5.74, 6) is 1.17. The highest BCUT2D eigenvalue weighted by atomic mass is 16.2. The number of hydrogen-bond donors (Lipinski definition) is 0. The fraction of sp³-hybridized carbons (Fsp3) is 0.680. The third kappa shape index (κ3) is 3.19. The highest BCUT2D eigenvalue weighted by Crippen LogP contribution is 2.69. The molecule has 1 amide bonds. The minimum Gasteiger partial charge on any atom is -0.340 e. The van der Waals surface area contributed by atoms with Crippen molar-refractivity contribution in [1.82, 2.24) is 9.80 Å². The molecule has 4 saturated carbocycles. The van der Waals surface area contributed by atoms with Crippen LogP contribution in [0.15, 0.2) is 30.3 Å². The molecule has 0 radical (unpaired) electrons. The average molecular weight is 392 g/mol. The summed E-state index contributed by atoms with van der Waals surface area (Å²) < 4.78 is 0. The normalized spacial score (nSPS) is 39.9. The first-order valence-corrected chi connectivity index (χ1v) is 11.3. The molecular formula is C25H33N3O. The molecule has 154 valence electrons. The van der Waals surface area contributed by atoms with E-state index in [0.717, 1.165) is 56.9 Å². The van der Waals surface area contributed by atoms with E-state index in [1.165, 1.54) is 19.3 Å². The molecule has 1 aromatic carbocycles. The van der Waals surface area contributed by atoms with Crippen molar-refractivity contribution in [2.24, 2.45) is 22.2 Å². The number of hydrogen-bond acceptors (Lipinski definition) is 3. The molecule has 1 saturated heterocycles. The van der Waals surface area contributed by atoms with Gasteiger partial charge in [-0.05, 0) is 60.8 Å². The van der Waals surface area contributed by atoms with Gasteiger partial charge in [0.2, 0.25) is 5.91 Å². The molecule has 3 unspecified atom stereocenters. The Morgan fingerprint density at radius 2 is 1.62 bits per heavy atom. The number of carbonyl (C=O) groups excluding carboxylic acids is 1. The number of amides is 1. The Balaban J connectivity index is 1.29. The van der Waals surface area contributed by atoms with Gasteiger partial charge >= 0.3 is 0 Å². The lowest BCUT2D eigenvalue weighted by molar-refractivity contribution is -0.180. The highest BCUT2D eigenvalue weighted by molar-refractivity contribution is 5.83. The van der Waals surface area contributed by atoms with Crippen LogP contribution in [0.5, 0.6) is 0 Å². The van der Waals surface area contributed by atoms with Crippen LogP contribution in [0.2, 0.25) is 0 Å². The van der Waals surface area contributed by atoms with Crippen LogP contribution >= 0.6 is 0 Å². The van der Waals surface area contributed by atoms with Crippen LogP contribution in [-0.4, -0.2) is 41.9 Å². The van der Waals surface area contributed by atoms with Crippen LogP contribution in [0.25, 0.3) is 0 Å². The molecule has 0 aromatic heterocycles. The molecule has 4 aliphatic carbocycles. The molecule has 3 atom stereocenters. The minimum absolute atomic E-state index is 0.112. The van der Waals surface area contributed by atoms with Gasteiger partial charge in [0.05, 0.1) is 11.5 Å². The van der Waals surface area contributed by atoms with Crippen LogP contribution in [0.3, 0.4) is 0 Å². The molecule has 29 heavy (non-hydrogen) atoms. The third-order valence-electron chi connectivity index (χ3n) is 8.28. The Kier molecular flexibility index (Phi) is 4.33. The Labute approximate surface area is 174 Å². The minimum atomic E-state index is -0.217. The zero-order valence-electron chi connectivity index (χ0n) is 17.9. The van der Waals surface area contributed by atoms with Gasteiger partial charge < -0.3 is 4.90 Å². The number of nitrogens with zero attached hydrogens (tertiary/aromatic N) is 3. The van der Waals surface area contributed by atoms with Crippen LogP contribution in [-0.2, 0) is 4.79 Å². The van der Waals surface area contributed by atoms with Gasteiger partial charge in [-0.2, -0.15) is 5.26 Å². The zero-order chi connectivity index (χ0) is 20.3.